The maximum atomic E-state index is 14.4. The van der Waals surface area contributed by atoms with Crippen molar-refractivity contribution in [2.75, 3.05) is 27.3 Å². The Bertz CT molecular complexity index is 1750. The lowest BCUT2D eigenvalue weighted by Crippen LogP contribution is -2.50. The van der Waals surface area contributed by atoms with Gasteiger partial charge in [0.15, 0.2) is 0 Å². The number of para-hydroxylation sites is 1. The Morgan fingerprint density at radius 2 is 1.80 bits per heavy atom. The molecule has 0 radical (unpaired) electrons. The van der Waals surface area contributed by atoms with Crippen LogP contribution in [-0.4, -0.2) is 51.9 Å². The molecule has 40 heavy (non-hydrogen) atoms. The smallest absolute Gasteiger partial charge is 0.271 e. The summed E-state index contributed by atoms with van der Waals surface area (Å²) in [6.45, 7) is 6.40. The fourth-order valence-electron chi connectivity index (χ4n) is 5.09. The van der Waals surface area contributed by atoms with Crippen LogP contribution >= 0.6 is 0 Å². The van der Waals surface area contributed by atoms with Gasteiger partial charge in [-0.3, -0.25) is 14.3 Å². The Morgan fingerprint density at radius 1 is 1.10 bits per heavy atom. The van der Waals surface area contributed by atoms with E-state index < -0.39 is 23.1 Å². The third-order valence-electron chi connectivity index (χ3n) is 6.99. The molecule has 1 saturated heterocycles. The van der Waals surface area contributed by atoms with Gasteiger partial charge in [-0.2, -0.15) is 0 Å². The number of aryl methyl sites for hydroxylation is 1. The largest absolute Gasteiger partial charge is 0.494 e. The number of hydrogen-bond acceptors (Lipinski definition) is 7. The second-order valence-corrected chi connectivity index (χ2v) is 9.55. The molecule has 0 amide bonds. The molecular weight excluding hydrogens is 518 g/mol. The summed E-state index contributed by atoms with van der Waals surface area (Å²) >= 11 is 0. The number of rotatable bonds is 6. The molecule has 2 aromatic heterocycles. The number of benzene rings is 2. The summed E-state index contributed by atoms with van der Waals surface area (Å²) < 4.78 is 40.3. The fourth-order valence-corrected chi connectivity index (χ4v) is 5.09. The van der Waals surface area contributed by atoms with E-state index in [1.807, 2.05) is 31.2 Å². The van der Waals surface area contributed by atoms with Crippen LogP contribution in [0, 0.1) is 18.6 Å². The van der Waals surface area contributed by atoms with Crippen LogP contribution in [0.15, 0.2) is 59.5 Å². The zero-order valence-electron chi connectivity index (χ0n) is 22.3. The number of nitrogens with zero attached hydrogens (tertiary/aromatic N) is 4. The second-order valence-electron chi connectivity index (χ2n) is 9.55. The van der Waals surface area contributed by atoms with Crippen LogP contribution in [-0.2, 0) is 0 Å². The Hall–Kier alpha value is -4.73. The quantitative estimate of drug-likeness (QED) is 0.397. The first-order chi connectivity index (χ1) is 19.2. The number of aromatic nitrogens is 3. The third kappa shape index (κ3) is 4.76. The number of aliphatic hydroxyl groups excluding tert-OH is 1. The van der Waals surface area contributed by atoms with Crippen molar-refractivity contribution in [3.8, 4) is 28.6 Å². The molecule has 5 rings (SSSR count). The molecule has 0 aliphatic carbocycles. The van der Waals surface area contributed by atoms with E-state index in [1.165, 1.54) is 18.8 Å². The molecule has 3 heterocycles. The Morgan fingerprint density at radius 3 is 2.45 bits per heavy atom. The highest BCUT2D eigenvalue weighted by Crippen LogP contribution is 2.34. The molecule has 1 unspecified atom stereocenters. The average Bonchev–Trinajstić information content (AvgIpc) is 3.42. The van der Waals surface area contributed by atoms with Crippen LogP contribution in [0.5, 0.6) is 11.5 Å². The zero-order valence-corrected chi connectivity index (χ0v) is 22.3. The minimum atomic E-state index is -0.765. The van der Waals surface area contributed by atoms with E-state index in [0.717, 1.165) is 17.8 Å². The van der Waals surface area contributed by atoms with Crippen LogP contribution in [0.3, 0.4) is 0 Å². The summed E-state index contributed by atoms with van der Waals surface area (Å²) in [5, 5.41) is 11.4. The van der Waals surface area contributed by atoms with Gasteiger partial charge in [-0.15, -0.1) is 0 Å². The molecule has 0 saturated carbocycles. The number of halogens is 2. The van der Waals surface area contributed by atoms with Gasteiger partial charge in [0.2, 0.25) is 5.88 Å². The van der Waals surface area contributed by atoms with Crippen molar-refractivity contribution in [3.63, 3.8) is 0 Å². The summed E-state index contributed by atoms with van der Waals surface area (Å²) in [5.74, 6) is -1.26. The first-order valence-corrected chi connectivity index (χ1v) is 12.6. The van der Waals surface area contributed by atoms with Crippen LogP contribution in [0.2, 0.25) is 0 Å². The number of hydrogen-bond donors (Lipinski definition) is 1. The van der Waals surface area contributed by atoms with Gasteiger partial charge in [-0.25, -0.2) is 13.8 Å². The molecule has 4 aromatic rings. The minimum absolute atomic E-state index is 0.0682. The van der Waals surface area contributed by atoms with Gasteiger partial charge in [0.25, 0.3) is 5.56 Å². The van der Waals surface area contributed by atoms with E-state index in [2.05, 4.69) is 16.5 Å². The van der Waals surface area contributed by atoms with E-state index in [4.69, 9.17) is 9.47 Å². The molecule has 206 valence electrons. The zero-order chi connectivity index (χ0) is 28.6. The van der Waals surface area contributed by atoms with Gasteiger partial charge < -0.3 is 19.5 Å². The van der Waals surface area contributed by atoms with Crippen molar-refractivity contribution in [1.29, 1.82) is 0 Å². The van der Waals surface area contributed by atoms with Crippen molar-refractivity contribution >= 4 is 12.5 Å². The Labute approximate surface area is 229 Å². The van der Waals surface area contributed by atoms with E-state index in [-0.39, 0.29) is 34.5 Å². The summed E-state index contributed by atoms with van der Waals surface area (Å²) in [7, 11) is 2.96. The molecule has 1 aliphatic rings. The first-order valence-electron chi connectivity index (χ1n) is 12.6. The summed E-state index contributed by atoms with van der Waals surface area (Å²) in [6, 6.07) is 13.4. The molecule has 10 heteroatoms. The SMILES string of the molecule is C=c1nc(-c2cccc(C)c2)n(-c2c(OC)cccc2OC)c(=O)c1=C(O)N1CCC(c2ncc(F)cc2F)C1. The van der Waals surface area contributed by atoms with Gasteiger partial charge in [0, 0.05) is 30.6 Å². The maximum Gasteiger partial charge on any atom is 0.271 e. The van der Waals surface area contributed by atoms with E-state index in [1.54, 1.807) is 23.1 Å². The standard InChI is InChI=1S/C30H28F2N4O4/c1-17-7-5-8-19(13-17)28-34-18(2)25(30(38)36(28)27-23(39-3)9-6-10-24(27)40-4)29(37)35-12-11-20(16-35)26-22(32)14-21(31)15-33-26/h5-10,13-15,20,37H,2,11-12,16H2,1,3-4H3. The highest BCUT2D eigenvalue weighted by Gasteiger charge is 2.30. The van der Waals surface area contributed by atoms with Crippen LogP contribution < -0.4 is 25.6 Å². The molecule has 0 bridgehead atoms. The molecule has 0 spiro atoms. The van der Waals surface area contributed by atoms with Crippen LogP contribution in [0.4, 0.5) is 8.78 Å². The topological polar surface area (TPSA) is 89.7 Å². The van der Waals surface area contributed by atoms with Gasteiger partial charge in [0.1, 0.15) is 39.9 Å². The van der Waals surface area contributed by atoms with Crippen molar-refractivity contribution in [1.82, 2.24) is 19.4 Å². The molecule has 1 aliphatic heterocycles. The van der Waals surface area contributed by atoms with E-state index in [9.17, 15) is 18.7 Å². The summed E-state index contributed by atoms with van der Waals surface area (Å²) in [6.07, 6.45) is 1.40. The highest BCUT2D eigenvalue weighted by molar-refractivity contribution is 5.65. The fraction of sp³-hybridized carbons (Fsp3) is 0.233. The van der Waals surface area contributed by atoms with Crippen LogP contribution in [0.25, 0.3) is 29.5 Å². The normalized spacial score (nSPS) is 15.7. The molecule has 1 atom stereocenters. The lowest BCUT2D eigenvalue weighted by Gasteiger charge is -2.20. The van der Waals surface area contributed by atoms with Gasteiger partial charge in [0.05, 0.1) is 31.5 Å². The number of aliphatic hydroxyl groups is 1. The summed E-state index contributed by atoms with van der Waals surface area (Å²) in [5.41, 5.74) is 1.44. The molecule has 1 fully saturated rings. The van der Waals surface area contributed by atoms with Gasteiger partial charge >= 0.3 is 0 Å². The Balaban J connectivity index is 1.74. The number of likely N-dealkylation sites (tertiary alicyclic amines) is 1. The highest BCUT2D eigenvalue weighted by atomic mass is 19.1. The Kier molecular flexibility index (Phi) is 7.25. The lowest BCUT2D eigenvalue weighted by molar-refractivity contribution is 0.321. The predicted molar refractivity (Wildman–Crippen MR) is 147 cm³/mol. The van der Waals surface area contributed by atoms with Crippen molar-refractivity contribution in [2.24, 2.45) is 0 Å². The predicted octanol–water partition coefficient (Wildman–Crippen LogP) is 3.42. The molecule has 2 aromatic carbocycles. The lowest BCUT2D eigenvalue weighted by atomic mass is 10.0. The molecule has 1 N–H and O–H groups in total. The number of ether oxygens (including phenoxy) is 2. The first kappa shape index (κ1) is 26.9. The third-order valence-corrected chi connectivity index (χ3v) is 6.99. The molecule has 8 nitrogen and oxygen atoms in total. The van der Waals surface area contributed by atoms with Crippen molar-refractivity contribution in [3.05, 3.63) is 98.5 Å². The second kappa shape index (κ2) is 10.8. The average molecular weight is 547 g/mol. The number of methoxy groups -OCH3 is 2. The van der Waals surface area contributed by atoms with Crippen molar-refractivity contribution in [2.45, 2.75) is 19.3 Å². The van der Waals surface area contributed by atoms with E-state index in [0.29, 0.717) is 35.7 Å². The maximum absolute atomic E-state index is 14.4. The van der Waals surface area contributed by atoms with E-state index >= 15 is 0 Å². The number of pyridine rings is 1. The van der Waals surface area contributed by atoms with Gasteiger partial charge in [-0.05, 0) is 31.5 Å². The monoisotopic (exact) mass is 546 g/mol. The van der Waals surface area contributed by atoms with Crippen molar-refractivity contribution < 1.29 is 23.4 Å². The summed E-state index contributed by atoms with van der Waals surface area (Å²) in [4.78, 5) is 24.5. The minimum Gasteiger partial charge on any atom is -0.494 e. The van der Waals surface area contributed by atoms with Gasteiger partial charge in [-0.1, -0.05) is 36.4 Å². The molecular formula is C30H28F2N4O4. The van der Waals surface area contributed by atoms with Crippen LogP contribution in [0.1, 0.15) is 23.6 Å².